The van der Waals surface area contributed by atoms with Crippen molar-refractivity contribution < 1.29 is 4.79 Å². The summed E-state index contributed by atoms with van der Waals surface area (Å²) in [6, 6.07) is 16.2. The standard InChI is InChI=1S/C15H11ClN4O/c16-13-9-5-4-8-12(13)15-17-19-20(18-15)10-14(21)11-6-2-1-3-7-11/h1-9H,10H2. The maximum absolute atomic E-state index is 12.1. The van der Waals surface area contributed by atoms with E-state index in [1.54, 1.807) is 18.2 Å². The third-order valence-corrected chi connectivity index (χ3v) is 3.28. The molecule has 3 rings (SSSR count). The van der Waals surface area contributed by atoms with Crippen molar-refractivity contribution >= 4 is 17.4 Å². The van der Waals surface area contributed by atoms with Gasteiger partial charge in [0.1, 0.15) is 6.54 Å². The number of Topliss-reactive ketones (excluding diaryl/α,β-unsaturated/α-hetero) is 1. The third-order valence-electron chi connectivity index (χ3n) is 2.95. The molecule has 6 heteroatoms. The second kappa shape index (κ2) is 5.85. The van der Waals surface area contributed by atoms with Crippen LogP contribution in [-0.2, 0) is 6.54 Å². The molecule has 21 heavy (non-hydrogen) atoms. The van der Waals surface area contributed by atoms with Crippen molar-refractivity contribution in [1.29, 1.82) is 0 Å². The first-order valence-corrected chi connectivity index (χ1v) is 6.73. The van der Waals surface area contributed by atoms with Crippen molar-refractivity contribution in [2.24, 2.45) is 0 Å². The number of hydrogen-bond acceptors (Lipinski definition) is 4. The van der Waals surface area contributed by atoms with Gasteiger partial charge in [0.15, 0.2) is 5.78 Å². The van der Waals surface area contributed by atoms with Crippen molar-refractivity contribution in [2.75, 3.05) is 0 Å². The van der Waals surface area contributed by atoms with E-state index in [0.29, 0.717) is 22.0 Å². The summed E-state index contributed by atoms with van der Waals surface area (Å²) in [7, 11) is 0. The van der Waals surface area contributed by atoms with Gasteiger partial charge in [-0.1, -0.05) is 54.1 Å². The van der Waals surface area contributed by atoms with Crippen LogP contribution < -0.4 is 0 Å². The number of ketones is 1. The largest absolute Gasteiger partial charge is 0.292 e. The van der Waals surface area contributed by atoms with E-state index < -0.39 is 0 Å². The summed E-state index contributed by atoms with van der Waals surface area (Å²) in [5.41, 5.74) is 1.31. The van der Waals surface area contributed by atoms with Gasteiger partial charge in [-0.25, -0.2) is 0 Å². The normalized spacial score (nSPS) is 10.5. The molecule has 2 aromatic carbocycles. The Labute approximate surface area is 126 Å². The Kier molecular flexibility index (Phi) is 3.75. The van der Waals surface area contributed by atoms with Crippen molar-refractivity contribution in [2.45, 2.75) is 6.54 Å². The second-order valence-corrected chi connectivity index (χ2v) is 4.82. The average molecular weight is 299 g/mol. The van der Waals surface area contributed by atoms with E-state index >= 15 is 0 Å². The second-order valence-electron chi connectivity index (χ2n) is 4.41. The van der Waals surface area contributed by atoms with Gasteiger partial charge in [0.05, 0.1) is 5.02 Å². The summed E-state index contributed by atoms with van der Waals surface area (Å²) in [6.07, 6.45) is 0. The number of aromatic nitrogens is 4. The first kappa shape index (κ1) is 13.5. The minimum absolute atomic E-state index is 0.0431. The molecular formula is C15H11ClN4O. The molecule has 3 aromatic rings. The highest BCUT2D eigenvalue weighted by atomic mass is 35.5. The van der Waals surface area contributed by atoms with Gasteiger partial charge in [-0.3, -0.25) is 4.79 Å². The molecule has 0 fully saturated rings. The Morgan fingerprint density at radius 1 is 1.05 bits per heavy atom. The molecule has 0 spiro atoms. The fraction of sp³-hybridized carbons (Fsp3) is 0.0667. The maximum atomic E-state index is 12.1. The van der Waals surface area contributed by atoms with Crippen molar-refractivity contribution in [3.8, 4) is 11.4 Å². The fourth-order valence-electron chi connectivity index (χ4n) is 1.90. The molecule has 104 valence electrons. The summed E-state index contributed by atoms with van der Waals surface area (Å²) < 4.78 is 0. The summed E-state index contributed by atoms with van der Waals surface area (Å²) in [4.78, 5) is 13.3. The van der Waals surface area contributed by atoms with E-state index in [4.69, 9.17) is 11.6 Å². The van der Waals surface area contributed by atoms with Crippen LogP contribution in [0.5, 0.6) is 0 Å². The van der Waals surface area contributed by atoms with Crippen LogP contribution in [0.2, 0.25) is 5.02 Å². The highest BCUT2D eigenvalue weighted by Gasteiger charge is 2.12. The van der Waals surface area contributed by atoms with E-state index in [1.165, 1.54) is 4.80 Å². The maximum Gasteiger partial charge on any atom is 0.206 e. The van der Waals surface area contributed by atoms with Crippen LogP contribution in [-0.4, -0.2) is 26.0 Å². The number of rotatable bonds is 4. The first-order valence-electron chi connectivity index (χ1n) is 6.35. The lowest BCUT2D eigenvalue weighted by molar-refractivity contribution is 0.0961. The number of benzene rings is 2. The van der Waals surface area contributed by atoms with Gasteiger partial charge >= 0.3 is 0 Å². The molecule has 1 heterocycles. The third kappa shape index (κ3) is 2.98. The number of hydrogen-bond donors (Lipinski definition) is 0. The van der Waals surface area contributed by atoms with Gasteiger partial charge in [-0.05, 0) is 17.3 Å². The summed E-state index contributed by atoms with van der Waals surface area (Å²) in [6.45, 7) is 0.0431. The number of halogens is 1. The highest BCUT2D eigenvalue weighted by molar-refractivity contribution is 6.33. The van der Waals surface area contributed by atoms with Gasteiger partial charge in [0.25, 0.3) is 0 Å². The zero-order chi connectivity index (χ0) is 14.7. The molecule has 0 amide bonds. The predicted octanol–water partition coefficient (Wildman–Crippen LogP) is 2.88. The van der Waals surface area contributed by atoms with Crippen LogP contribution in [0, 0.1) is 0 Å². The molecule has 0 radical (unpaired) electrons. The number of carbonyl (C=O) groups excluding carboxylic acids is 1. The topological polar surface area (TPSA) is 60.7 Å². The Morgan fingerprint density at radius 2 is 1.76 bits per heavy atom. The number of tetrazole rings is 1. The lowest BCUT2D eigenvalue weighted by Crippen LogP contribution is -2.13. The van der Waals surface area contributed by atoms with Crippen molar-refractivity contribution in [3.63, 3.8) is 0 Å². The van der Waals surface area contributed by atoms with E-state index in [9.17, 15) is 4.79 Å². The molecule has 0 atom stereocenters. The zero-order valence-corrected chi connectivity index (χ0v) is 11.7. The predicted molar refractivity (Wildman–Crippen MR) is 79.0 cm³/mol. The molecule has 5 nitrogen and oxygen atoms in total. The van der Waals surface area contributed by atoms with Crippen LogP contribution in [0.15, 0.2) is 54.6 Å². The van der Waals surface area contributed by atoms with E-state index in [2.05, 4.69) is 15.4 Å². The van der Waals surface area contributed by atoms with Gasteiger partial charge in [0.2, 0.25) is 5.82 Å². The molecule has 0 aliphatic carbocycles. The van der Waals surface area contributed by atoms with Gasteiger partial charge in [-0.15, -0.1) is 10.2 Å². The van der Waals surface area contributed by atoms with Crippen LogP contribution in [0.1, 0.15) is 10.4 Å². The summed E-state index contributed by atoms with van der Waals surface area (Å²) in [5.74, 6) is 0.333. The van der Waals surface area contributed by atoms with Crippen LogP contribution >= 0.6 is 11.6 Å². The molecule has 0 saturated carbocycles. The minimum Gasteiger partial charge on any atom is -0.292 e. The van der Waals surface area contributed by atoms with Gasteiger partial charge in [-0.2, -0.15) is 4.80 Å². The molecule has 0 N–H and O–H groups in total. The van der Waals surface area contributed by atoms with Crippen LogP contribution in [0.3, 0.4) is 0 Å². The Balaban J connectivity index is 1.80. The zero-order valence-electron chi connectivity index (χ0n) is 11.0. The Morgan fingerprint density at radius 3 is 2.52 bits per heavy atom. The lowest BCUT2D eigenvalue weighted by Gasteiger charge is -1.99. The van der Waals surface area contributed by atoms with E-state index in [-0.39, 0.29) is 12.3 Å². The highest BCUT2D eigenvalue weighted by Crippen LogP contribution is 2.23. The lowest BCUT2D eigenvalue weighted by atomic mass is 10.1. The molecular weight excluding hydrogens is 288 g/mol. The van der Waals surface area contributed by atoms with Crippen molar-refractivity contribution in [3.05, 3.63) is 65.2 Å². The van der Waals surface area contributed by atoms with E-state index in [0.717, 1.165) is 0 Å². The summed E-state index contributed by atoms with van der Waals surface area (Å²) >= 11 is 6.09. The molecule has 0 aliphatic rings. The monoisotopic (exact) mass is 298 g/mol. The first-order chi connectivity index (χ1) is 10.2. The number of carbonyl (C=O) groups is 1. The molecule has 0 unspecified atom stereocenters. The molecule has 0 aliphatic heterocycles. The van der Waals surface area contributed by atoms with Crippen molar-refractivity contribution in [1.82, 2.24) is 20.2 Å². The van der Waals surface area contributed by atoms with Gasteiger partial charge < -0.3 is 0 Å². The van der Waals surface area contributed by atoms with E-state index in [1.807, 2.05) is 36.4 Å². The quantitative estimate of drug-likeness (QED) is 0.695. The molecule has 1 aromatic heterocycles. The van der Waals surface area contributed by atoms with Crippen LogP contribution in [0.25, 0.3) is 11.4 Å². The molecule has 0 saturated heterocycles. The fourth-order valence-corrected chi connectivity index (χ4v) is 2.12. The minimum atomic E-state index is -0.0706. The number of nitrogens with zero attached hydrogens (tertiary/aromatic N) is 4. The Bertz CT molecular complexity index is 770. The average Bonchev–Trinajstić information content (AvgIpc) is 2.97. The van der Waals surface area contributed by atoms with Crippen LogP contribution in [0.4, 0.5) is 0 Å². The summed E-state index contributed by atoms with van der Waals surface area (Å²) in [5, 5.41) is 12.6. The molecule has 0 bridgehead atoms. The Hall–Kier alpha value is -2.53. The SMILES string of the molecule is O=C(Cn1nnc(-c2ccccc2Cl)n1)c1ccccc1. The van der Waals surface area contributed by atoms with Gasteiger partial charge in [0, 0.05) is 11.1 Å². The smallest absolute Gasteiger partial charge is 0.206 e.